The largest absolute Gasteiger partial charge is 0.354 e. The summed E-state index contributed by atoms with van der Waals surface area (Å²) in [6, 6.07) is 2.18. The van der Waals surface area contributed by atoms with Crippen molar-refractivity contribution in [2.24, 2.45) is 0 Å². The highest BCUT2D eigenvalue weighted by molar-refractivity contribution is 9.10. The molecule has 0 N–H and O–H groups in total. The van der Waals surface area contributed by atoms with Gasteiger partial charge in [0.25, 0.3) is 0 Å². The van der Waals surface area contributed by atoms with Gasteiger partial charge in [-0.2, -0.15) is 0 Å². The molecule has 0 spiro atoms. The summed E-state index contributed by atoms with van der Waals surface area (Å²) in [6.45, 7) is 4.31. The van der Waals surface area contributed by atoms with E-state index in [2.05, 4.69) is 30.7 Å². The molecule has 0 saturated carbocycles. The summed E-state index contributed by atoms with van der Waals surface area (Å²) < 4.78 is 14.6. The fourth-order valence-electron chi connectivity index (χ4n) is 3.37. The predicted molar refractivity (Wildman–Crippen MR) is 82.6 cm³/mol. The van der Waals surface area contributed by atoms with E-state index in [1.807, 2.05) is 0 Å². The highest BCUT2D eigenvalue weighted by atomic mass is 79.9. The molecule has 5 heteroatoms. The van der Waals surface area contributed by atoms with Crippen molar-refractivity contribution in [3.05, 3.63) is 22.6 Å². The van der Waals surface area contributed by atoms with Crippen LogP contribution in [-0.4, -0.2) is 42.1 Å². The number of pyridine rings is 1. The lowest BCUT2D eigenvalue weighted by Gasteiger charge is -2.40. The first-order valence-corrected chi connectivity index (χ1v) is 8.33. The van der Waals surface area contributed by atoms with Gasteiger partial charge < -0.3 is 9.80 Å². The molecule has 2 fully saturated rings. The van der Waals surface area contributed by atoms with Crippen LogP contribution in [0.15, 0.2) is 16.7 Å². The highest BCUT2D eigenvalue weighted by Crippen LogP contribution is 2.26. The van der Waals surface area contributed by atoms with Gasteiger partial charge in [-0.25, -0.2) is 9.37 Å². The molecule has 2 saturated heterocycles. The Bertz CT molecular complexity index is 454. The average molecular weight is 342 g/mol. The summed E-state index contributed by atoms with van der Waals surface area (Å²) >= 11 is 3.25. The van der Waals surface area contributed by atoms with Gasteiger partial charge in [0.2, 0.25) is 0 Å². The van der Waals surface area contributed by atoms with Crippen molar-refractivity contribution in [1.29, 1.82) is 0 Å². The lowest BCUT2D eigenvalue weighted by Crippen LogP contribution is -2.47. The summed E-state index contributed by atoms with van der Waals surface area (Å²) in [4.78, 5) is 8.95. The Balaban J connectivity index is 1.60. The number of piperidine rings is 2. The van der Waals surface area contributed by atoms with Crippen LogP contribution in [0.25, 0.3) is 0 Å². The van der Waals surface area contributed by atoms with Crippen LogP contribution >= 0.6 is 15.9 Å². The van der Waals surface area contributed by atoms with E-state index in [-0.39, 0.29) is 5.82 Å². The molecule has 0 unspecified atom stereocenters. The first kappa shape index (κ1) is 14.3. The number of hydrogen-bond acceptors (Lipinski definition) is 3. The molecular weight excluding hydrogens is 321 g/mol. The molecule has 0 atom stereocenters. The summed E-state index contributed by atoms with van der Waals surface area (Å²) in [6.07, 6.45) is 7.97. The average Bonchev–Trinajstić information content (AvgIpc) is 2.48. The number of rotatable bonds is 2. The second-order valence-corrected chi connectivity index (χ2v) is 6.69. The van der Waals surface area contributed by atoms with Crippen molar-refractivity contribution in [1.82, 2.24) is 9.88 Å². The Kier molecular flexibility index (Phi) is 4.56. The van der Waals surface area contributed by atoms with Crippen molar-refractivity contribution in [2.75, 3.05) is 31.1 Å². The second-order valence-electron chi connectivity index (χ2n) is 5.77. The molecule has 0 aromatic carbocycles. The molecule has 3 rings (SSSR count). The molecule has 110 valence electrons. The van der Waals surface area contributed by atoms with Gasteiger partial charge in [-0.3, -0.25) is 0 Å². The standard InChI is InChI=1S/C15H21BrFN3/c16-12-10-14(17)15(18-11-12)20-8-4-13(5-9-20)19-6-2-1-3-7-19/h10-11,13H,1-9H2. The van der Waals surface area contributed by atoms with Crippen LogP contribution in [0.5, 0.6) is 0 Å². The Morgan fingerprint density at radius 2 is 1.80 bits per heavy atom. The molecule has 2 aliphatic rings. The summed E-state index contributed by atoms with van der Waals surface area (Å²) in [5.74, 6) is 0.279. The van der Waals surface area contributed by atoms with Crippen LogP contribution in [0.4, 0.5) is 10.2 Å². The number of likely N-dealkylation sites (tertiary alicyclic amines) is 1. The van der Waals surface area contributed by atoms with Gasteiger partial charge in [-0.05, 0) is 60.8 Å². The van der Waals surface area contributed by atoms with Crippen LogP contribution in [0, 0.1) is 5.82 Å². The number of hydrogen-bond donors (Lipinski definition) is 0. The summed E-state index contributed by atoms with van der Waals surface area (Å²) in [5.41, 5.74) is 0. The van der Waals surface area contributed by atoms with Gasteiger partial charge in [0.05, 0.1) is 0 Å². The molecule has 2 aliphatic heterocycles. The zero-order chi connectivity index (χ0) is 13.9. The third-order valence-corrected chi connectivity index (χ3v) is 4.89. The van der Waals surface area contributed by atoms with Crippen LogP contribution in [0.1, 0.15) is 32.1 Å². The topological polar surface area (TPSA) is 19.4 Å². The lowest BCUT2D eigenvalue weighted by molar-refractivity contribution is 0.141. The van der Waals surface area contributed by atoms with Gasteiger partial charge in [-0.1, -0.05) is 6.42 Å². The number of nitrogens with zero attached hydrogens (tertiary/aromatic N) is 3. The fraction of sp³-hybridized carbons (Fsp3) is 0.667. The minimum Gasteiger partial charge on any atom is -0.354 e. The molecule has 1 aromatic heterocycles. The quantitative estimate of drug-likeness (QED) is 0.821. The first-order valence-electron chi connectivity index (χ1n) is 7.54. The smallest absolute Gasteiger partial charge is 0.166 e. The van der Waals surface area contributed by atoms with Crippen LogP contribution in [0.3, 0.4) is 0 Å². The third kappa shape index (κ3) is 3.14. The van der Waals surface area contributed by atoms with Crippen molar-refractivity contribution < 1.29 is 4.39 Å². The molecule has 0 bridgehead atoms. The maximum Gasteiger partial charge on any atom is 0.166 e. The maximum absolute atomic E-state index is 13.9. The van der Waals surface area contributed by atoms with E-state index in [4.69, 9.17) is 0 Å². The van der Waals surface area contributed by atoms with Gasteiger partial charge in [0, 0.05) is 29.8 Å². The SMILES string of the molecule is Fc1cc(Br)cnc1N1CCC(N2CCCCC2)CC1. The van der Waals surface area contributed by atoms with E-state index in [0.717, 1.165) is 25.9 Å². The molecule has 0 amide bonds. The van der Waals surface area contributed by atoms with Crippen LogP contribution < -0.4 is 4.90 Å². The predicted octanol–water partition coefficient (Wildman–Crippen LogP) is 3.44. The molecule has 1 aromatic rings. The first-order chi connectivity index (χ1) is 9.74. The Morgan fingerprint density at radius 1 is 1.10 bits per heavy atom. The molecule has 0 radical (unpaired) electrons. The van der Waals surface area contributed by atoms with Gasteiger partial charge in [-0.15, -0.1) is 0 Å². The van der Waals surface area contributed by atoms with Crippen molar-refractivity contribution in [3.8, 4) is 0 Å². The molecule has 3 nitrogen and oxygen atoms in total. The van der Waals surface area contributed by atoms with Crippen molar-refractivity contribution >= 4 is 21.7 Å². The van der Waals surface area contributed by atoms with E-state index in [1.165, 1.54) is 38.4 Å². The van der Waals surface area contributed by atoms with Gasteiger partial charge in [0.1, 0.15) is 0 Å². The van der Waals surface area contributed by atoms with Crippen molar-refractivity contribution in [2.45, 2.75) is 38.1 Å². The van der Waals surface area contributed by atoms with Crippen LogP contribution in [0.2, 0.25) is 0 Å². The fourth-order valence-corrected chi connectivity index (χ4v) is 3.67. The Labute approximate surface area is 128 Å². The minimum absolute atomic E-state index is 0.226. The Morgan fingerprint density at radius 3 is 2.45 bits per heavy atom. The number of halogens is 2. The molecule has 3 heterocycles. The monoisotopic (exact) mass is 341 g/mol. The molecular formula is C15H21BrFN3. The van der Waals surface area contributed by atoms with E-state index in [1.54, 1.807) is 6.20 Å². The van der Waals surface area contributed by atoms with E-state index in [9.17, 15) is 4.39 Å². The van der Waals surface area contributed by atoms with Crippen LogP contribution in [-0.2, 0) is 0 Å². The third-order valence-electron chi connectivity index (χ3n) is 4.46. The number of aromatic nitrogens is 1. The molecule has 20 heavy (non-hydrogen) atoms. The summed E-state index contributed by atoms with van der Waals surface area (Å²) in [5, 5.41) is 0. The van der Waals surface area contributed by atoms with E-state index >= 15 is 0 Å². The Hall–Kier alpha value is -0.680. The molecule has 0 aliphatic carbocycles. The van der Waals surface area contributed by atoms with Crippen molar-refractivity contribution in [3.63, 3.8) is 0 Å². The number of anilines is 1. The minimum atomic E-state index is -0.226. The highest BCUT2D eigenvalue weighted by Gasteiger charge is 2.27. The van der Waals surface area contributed by atoms with Gasteiger partial charge in [0.15, 0.2) is 11.6 Å². The zero-order valence-electron chi connectivity index (χ0n) is 11.7. The normalized spacial score (nSPS) is 22.2. The maximum atomic E-state index is 13.9. The lowest BCUT2D eigenvalue weighted by atomic mass is 10.00. The van der Waals surface area contributed by atoms with Gasteiger partial charge >= 0.3 is 0 Å². The second kappa shape index (κ2) is 6.39. The summed E-state index contributed by atoms with van der Waals surface area (Å²) in [7, 11) is 0. The zero-order valence-corrected chi connectivity index (χ0v) is 13.3. The van der Waals surface area contributed by atoms with E-state index in [0.29, 0.717) is 16.3 Å². The van der Waals surface area contributed by atoms with E-state index < -0.39 is 0 Å².